The number of halogens is 1. The maximum absolute atomic E-state index is 12.3. The number of hydrogen-bond acceptors (Lipinski definition) is 5. The fourth-order valence-corrected chi connectivity index (χ4v) is 4.02. The molecule has 0 saturated heterocycles. The van der Waals surface area contributed by atoms with Crippen LogP contribution in [0, 0.1) is 13.8 Å². The van der Waals surface area contributed by atoms with Gasteiger partial charge in [0.05, 0.1) is 11.3 Å². The molecular weight excluding hydrogens is 438 g/mol. The molecule has 4 rings (SSSR count). The van der Waals surface area contributed by atoms with Gasteiger partial charge >= 0.3 is 0 Å². The first kappa shape index (κ1) is 18.9. The molecule has 28 heavy (non-hydrogen) atoms. The Morgan fingerprint density at radius 3 is 2.86 bits per heavy atom. The first-order valence-corrected chi connectivity index (χ1v) is 10.5. The van der Waals surface area contributed by atoms with Gasteiger partial charge in [0, 0.05) is 22.6 Å². The van der Waals surface area contributed by atoms with Gasteiger partial charge in [-0.05, 0) is 49.2 Å². The fourth-order valence-electron chi connectivity index (χ4n) is 3.08. The number of aromatic nitrogens is 4. The van der Waals surface area contributed by atoms with Crippen molar-refractivity contribution in [1.29, 1.82) is 0 Å². The molecule has 0 bridgehead atoms. The highest BCUT2D eigenvalue weighted by Crippen LogP contribution is 2.28. The topological polar surface area (TPSA) is 72.7 Å². The molecule has 4 aromatic rings. The predicted molar refractivity (Wildman–Crippen MR) is 117 cm³/mol. The zero-order valence-electron chi connectivity index (χ0n) is 15.7. The van der Waals surface area contributed by atoms with Crippen LogP contribution in [0.25, 0.3) is 22.1 Å². The lowest BCUT2D eigenvalue weighted by Crippen LogP contribution is -2.15. The van der Waals surface area contributed by atoms with E-state index in [1.165, 1.54) is 11.8 Å². The molecule has 2 aromatic heterocycles. The van der Waals surface area contributed by atoms with E-state index >= 15 is 0 Å². The summed E-state index contributed by atoms with van der Waals surface area (Å²) in [5.74, 6) is 0.124. The van der Waals surface area contributed by atoms with Gasteiger partial charge < -0.3 is 9.88 Å². The van der Waals surface area contributed by atoms with Crippen LogP contribution in [0.5, 0.6) is 0 Å². The quantitative estimate of drug-likeness (QED) is 0.454. The molecule has 0 spiro atoms. The Kier molecular flexibility index (Phi) is 5.07. The molecule has 0 aliphatic rings. The monoisotopic (exact) mass is 455 g/mol. The molecule has 8 heteroatoms. The van der Waals surface area contributed by atoms with Crippen molar-refractivity contribution in [2.45, 2.75) is 19.0 Å². The SMILES string of the molecule is Cc1cccc(NC(=O)CSc2nnc3c4cc(Br)ccc4n(C)c3n2)c1C. The minimum Gasteiger partial charge on any atom is -0.327 e. The molecule has 0 atom stereocenters. The molecule has 2 heterocycles. The van der Waals surface area contributed by atoms with Crippen molar-refractivity contribution in [3.05, 3.63) is 52.0 Å². The summed E-state index contributed by atoms with van der Waals surface area (Å²) >= 11 is 4.77. The Hall–Kier alpha value is -2.45. The molecule has 0 fully saturated rings. The maximum atomic E-state index is 12.3. The third-order valence-corrected chi connectivity index (χ3v) is 6.08. The molecule has 0 unspecified atom stereocenters. The van der Waals surface area contributed by atoms with Gasteiger partial charge in [-0.2, -0.15) is 0 Å². The minimum atomic E-state index is -0.0941. The van der Waals surface area contributed by atoms with Gasteiger partial charge in [0.1, 0.15) is 5.52 Å². The summed E-state index contributed by atoms with van der Waals surface area (Å²) in [7, 11) is 1.95. The van der Waals surface area contributed by atoms with E-state index in [0.29, 0.717) is 5.16 Å². The highest BCUT2D eigenvalue weighted by molar-refractivity contribution is 9.10. The van der Waals surface area contributed by atoms with E-state index in [1.54, 1.807) is 0 Å². The van der Waals surface area contributed by atoms with E-state index in [0.717, 1.165) is 43.4 Å². The number of hydrogen-bond donors (Lipinski definition) is 1. The van der Waals surface area contributed by atoms with Crippen LogP contribution in [0.3, 0.4) is 0 Å². The standard InChI is InChI=1S/C20H18BrN5OS/c1-11-5-4-6-15(12(11)2)22-17(27)10-28-20-23-19-18(24-25-20)14-9-13(21)7-8-16(14)26(19)3/h4-9H,10H2,1-3H3,(H,22,27). The third kappa shape index (κ3) is 3.49. The number of carbonyl (C=O) groups is 1. The maximum Gasteiger partial charge on any atom is 0.234 e. The molecule has 142 valence electrons. The number of anilines is 1. The smallest absolute Gasteiger partial charge is 0.234 e. The van der Waals surface area contributed by atoms with E-state index in [9.17, 15) is 4.79 Å². The molecule has 0 aliphatic heterocycles. The molecule has 1 N–H and O–H groups in total. The van der Waals surface area contributed by atoms with E-state index in [4.69, 9.17) is 0 Å². The summed E-state index contributed by atoms with van der Waals surface area (Å²) < 4.78 is 2.97. The van der Waals surface area contributed by atoms with E-state index < -0.39 is 0 Å². The van der Waals surface area contributed by atoms with Crippen molar-refractivity contribution in [3.8, 4) is 0 Å². The van der Waals surface area contributed by atoms with Gasteiger partial charge in [-0.1, -0.05) is 39.8 Å². The zero-order valence-corrected chi connectivity index (χ0v) is 18.1. The first-order chi connectivity index (χ1) is 13.4. The molecule has 1 amide bonds. The number of amides is 1. The summed E-state index contributed by atoms with van der Waals surface area (Å²) in [5, 5.41) is 13.0. The van der Waals surface area contributed by atoms with Crippen LogP contribution < -0.4 is 5.32 Å². The number of benzene rings is 2. The van der Waals surface area contributed by atoms with Crippen molar-refractivity contribution in [2.75, 3.05) is 11.1 Å². The highest BCUT2D eigenvalue weighted by atomic mass is 79.9. The minimum absolute atomic E-state index is 0.0941. The highest BCUT2D eigenvalue weighted by Gasteiger charge is 2.14. The second-order valence-corrected chi connectivity index (χ2v) is 8.43. The Balaban J connectivity index is 1.53. The average Bonchev–Trinajstić information content (AvgIpc) is 2.95. The Morgan fingerprint density at radius 1 is 1.21 bits per heavy atom. The number of nitrogens with one attached hydrogen (secondary N) is 1. The number of carbonyl (C=O) groups excluding carboxylic acids is 1. The van der Waals surface area contributed by atoms with Crippen LogP contribution >= 0.6 is 27.7 Å². The number of rotatable bonds is 4. The van der Waals surface area contributed by atoms with Crippen LogP contribution in [0.2, 0.25) is 0 Å². The number of aryl methyl sites for hydroxylation is 2. The van der Waals surface area contributed by atoms with Crippen LogP contribution in [0.4, 0.5) is 5.69 Å². The largest absolute Gasteiger partial charge is 0.327 e. The van der Waals surface area contributed by atoms with Gasteiger partial charge in [0.2, 0.25) is 11.1 Å². The summed E-state index contributed by atoms with van der Waals surface area (Å²) in [4.78, 5) is 16.9. The van der Waals surface area contributed by atoms with E-state index in [1.807, 2.05) is 61.9 Å². The van der Waals surface area contributed by atoms with Crippen LogP contribution in [-0.2, 0) is 11.8 Å². The van der Waals surface area contributed by atoms with Gasteiger partial charge in [0.15, 0.2) is 5.65 Å². The van der Waals surface area contributed by atoms with Crippen molar-refractivity contribution in [1.82, 2.24) is 19.7 Å². The number of nitrogens with zero attached hydrogens (tertiary/aromatic N) is 4. The lowest BCUT2D eigenvalue weighted by molar-refractivity contribution is -0.113. The molecule has 0 aliphatic carbocycles. The summed E-state index contributed by atoms with van der Waals surface area (Å²) in [6.45, 7) is 4.02. The first-order valence-electron chi connectivity index (χ1n) is 8.71. The van der Waals surface area contributed by atoms with Crippen LogP contribution in [0.1, 0.15) is 11.1 Å². The molecule has 2 aromatic carbocycles. The van der Waals surface area contributed by atoms with Crippen molar-refractivity contribution in [3.63, 3.8) is 0 Å². The lowest BCUT2D eigenvalue weighted by atomic mass is 10.1. The van der Waals surface area contributed by atoms with Crippen LogP contribution in [-0.4, -0.2) is 31.4 Å². The summed E-state index contributed by atoms with van der Waals surface area (Å²) in [5.41, 5.74) is 5.59. The van der Waals surface area contributed by atoms with Crippen molar-refractivity contribution < 1.29 is 4.79 Å². The molecule has 0 radical (unpaired) electrons. The van der Waals surface area contributed by atoms with E-state index in [2.05, 4.69) is 36.4 Å². The van der Waals surface area contributed by atoms with Crippen LogP contribution in [0.15, 0.2) is 46.0 Å². The van der Waals surface area contributed by atoms with Gasteiger partial charge in [-0.25, -0.2) is 4.98 Å². The number of fused-ring (bicyclic) bond motifs is 3. The fraction of sp³-hybridized carbons (Fsp3) is 0.200. The van der Waals surface area contributed by atoms with Gasteiger partial charge in [-0.15, -0.1) is 10.2 Å². The Labute approximate surface area is 174 Å². The molecular formula is C20H18BrN5OS. The summed E-state index contributed by atoms with van der Waals surface area (Å²) in [6.07, 6.45) is 0. The third-order valence-electron chi connectivity index (χ3n) is 4.75. The Morgan fingerprint density at radius 2 is 2.04 bits per heavy atom. The lowest BCUT2D eigenvalue weighted by Gasteiger charge is -2.09. The Bertz CT molecular complexity index is 1220. The number of thioether (sulfide) groups is 1. The van der Waals surface area contributed by atoms with Gasteiger partial charge in [0.25, 0.3) is 0 Å². The van der Waals surface area contributed by atoms with Crippen molar-refractivity contribution in [2.24, 2.45) is 7.05 Å². The second kappa shape index (κ2) is 7.52. The normalized spacial score (nSPS) is 11.3. The van der Waals surface area contributed by atoms with Gasteiger partial charge in [-0.3, -0.25) is 4.79 Å². The predicted octanol–water partition coefficient (Wildman–Crippen LogP) is 4.63. The zero-order chi connectivity index (χ0) is 19.8. The summed E-state index contributed by atoms with van der Waals surface area (Å²) in [6, 6.07) is 11.9. The molecule has 0 saturated carbocycles. The van der Waals surface area contributed by atoms with Crippen molar-refractivity contribution >= 4 is 61.4 Å². The average molecular weight is 456 g/mol. The van der Waals surface area contributed by atoms with E-state index in [-0.39, 0.29) is 11.7 Å². The second-order valence-electron chi connectivity index (χ2n) is 6.57. The molecule has 6 nitrogen and oxygen atoms in total.